The van der Waals surface area contributed by atoms with E-state index in [0.717, 1.165) is 0 Å². The van der Waals surface area contributed by atoms with Gasteiger partial charge in [0.25, 0.3) is 0 Å². The second-order valence-electron chi connectivity index (χ2n) is 4.10. The molecule has 2 rings (SSSR count). The fourth-order valence-electron chi connectivity index (χ4n) is 1.63. The first-order valence-corrected chi connectivity index (χ1v) is 7.52. The van der Waals surface area contributed by atoms with Crippen molar-refractivity contribution in [2.75, 3.05) is 0 Å². The molecule has 1 aromatic carbocycles. The monoisotopic (exact) mass is 285 g/mol. The highest BCUT2D eigenvalue weighted by Crippen LogP contribution is 2.16. The number of halogens is 1. The molecule has 96 valence electrons. The number of aryl methyl sites for hydroxylation is 1. The smallest absolute Gasteiger partial charge is 0.161 e. The number of nitrogens with zero attached hydrogens (tertiary/aromatic N) is 1. The van der Waals surface area contributed by atoms with Crippen LogP contribution >= 0.6 is 11.6 Å². The van der Waals surface area contributed by atoms with E-state index < -0.39 is 9.84 Å². The third-order valence-electron chi connectivity index (χ3n) is 2.31. The maximum atomic E-state index is 12.0. The van der Waals surface area contributed by atoms with Gasteiger partial charge in [0.05, 0.1) is 11.4 Å². The highest BCUT2D eigenvalue weighted by Gasteiger charge is 2.16. The molecule has 4 nitrogen and oxygen atoms in total. The van der Waals surface area contributed by atoms with Gasteiger partial charge in [-0.05, 0) is 24.6 Å². The van der Waals surface area contributed by atoms with Crippen molar-refractivity contribution in [3.8, 4) is 0 Å². The van der Waals surface area contributed by atoms with Crippen molar-refractivity contribution in [1.29, 1.82) is 0 Å². The number of benzene rings is 1. The van der Waals surface area contributed by atoms with Crippen LogP contribution in [0.5, 0.6) is 0 Å². The topological polar surface area (TPSA) is 60.2 Å². The van der Waals surface area contributed by atoms with Crippen LogP contribution in [0.15, 0.2) is 34.9 Å². The van der Waals surface area contributed by atoms with E-state index in [1.165, 1.54) is 0 Å². The highest BCUT2D eigenvalue weighted by molar-refractivity contribution is 7.89. The Morgan fingerprint density at radius 1 is 1.28 bits per heavy atom. The van der Waals surface area contributed by atoms with Crippen LogP contribution in [0.3, 0.4) is 0 Å². The lowest BCUT2D eigenvalue weighted by atomic mass is 10.2. The Labute approximate surface area is 110 Å². The van der Waals surface area contributed by atoms with Gasteiger partial charge in [0.15, 0.2) is 15.6 Å². The van der Waals surface area contributed by atoms with Crippen molar-refractivity contribution < 1.29 is 12.9 Å². The first-order valence-electron chi connectivity index (χ1n) is 5.32. The first-order chi connectivity index (χ1) is 8.44. The van der Waals surface area contributed by atoms with Crippen LogP contribution in [0.25, 0.3) is 0 Å². The Balaban J connectivity index is 2.12. The summed E-state index contributed by atoms with van der Waals surface area (Å²) in [4.78, 5) is 0. The van der Waals surface area contributed by atoms with E-state index in [0.29, 0.717) is 22.0 Å². The Hall–Kier alpha value is -1.33. The van der Waals surface area contributed by atoms with Gasteiger partial charge in [0, 0.05) is 11.1 Å². The number of hydrogen-bond acceptors (Lipinski definition) is 4. The average Bonchev–Trinajstić information content (AvgIpc) is 2.62. The molecule has 2 aromatic rings. The molecule has 0 N–H and O–H groups in total. The zero-order chi connectivity index (χ0) is 13.2. The predicted octanol–water partition coefficient (Wildman–Crippen LogP) is 2.75. The molecule has 0 bridgehead atoms. The van der Waals surface area contributed by atoms with E-state index in [1.54, 1.807) is 37.3 Å². The van der Waals surface area contributed by atoms with E-state index in [1.807, 2.05) is 0 Å². The van der Waals surface area contributed by atoms with E-state index in [-0.39, 0.29) is 11.5 Å². The van der Waals surface area contributed by atoms with Gasteiger partial charge in [-0.25, -0.2) is 8.42 Å². The normalized spacial score (nSPS) is 11.7. The summed E-state index contributed by atoms with van der Waals surface area (Å²) in [6, 6.07) is 8.43. The zero-order valence-electron chi connectivity index (χ0n) is 9.76. The summed E-state index contributed by atoms with van der Waals surface area (Å²) in [5.41, 5.74) is 1.33. The molecule has 0 amide bonds. The van der Waals surface area contributed by atoms with Crippen LogP contribution in [0.2, 0.25) is 5.02 Å². The minimum atomic E-state index is -3.28. The fourth-order valence-corrected chi connectivity index (χ4v) is 3.20. The summed E-state index contributed by atoms with van der Waals surface area (Å²) in [5, 5.41) is 4.19. The molecule has 0 spiro atoms. The standard InChI is InChI=1S/C12H12ClNO3S/c1-9-5-12(17-14-9)8-18(15,16)7-10-3-2-4-11(13)6-10/h2-6H,7-8H2,1H3. The molecule has 0 aliphatic carbocycles. The minimum Gasteiger partial charge on any atom is -0.360 e. The number of aromatic nitrogens is 1. The highest BCUT2D eigenvalue weighted by atomic mass is 35.5. The van der Waals surface area contributed by atoms with Gasteiger partial charge in [-0.15, -0.1) is 0 Å². The maximum Gasteiger partial charge on any atom is 0.161 e. The van der Waals surface area contributed by atoms with Crippen LogP contribution < -0.4 is 0 Å². The molecule has 0 fully saturated rings. The summed E-state index contributed by atoms with van der Waals surface area (Å²) in [6.45, 7) is 1.75. The summed E-state index contributed by atoms with van der Waals surface area (Å²) >= 11 is 5.81. The quantitative estimate of drug-likeness (QED) is 0.866. The zero-order valence-corrected chi connectivity index (χ0v) is 11.3. The van der Waals surface area contributed by atoms with Crippen molar-refractivity contribution in [1.82, 2.24) is 5.16 Å². The van der Waals surface area contributed by atoms with Gasteiger partial charge in [-0.2, -0.15) is 0 Å². The maximum absolute atomic E-state index is 12.0. The Kier molecular flexibility index (Phi) is 3.73. The number of rotatable bonds is 4. The van der Waals surface area contributed by atoms with Crippen molar-refractivity contribution in [3.63, 3.8) is 0 Å². The molecule has 1 aromatic heterocycles. The van der Waals surface area contributed by atoms with Gasteiger partial charge >= 0.3 is 0 Å². The molecule has 0 aliphatic heterocycles. The molecule has 0 unspecified atom stereocenters. The third-order valence-corrected chi connectivity index (χ3v) is 4.05. The lowest BCUT2D eigenvalue weighted by Crippen LogP contribution is -2.07. The second-order valence-corrected chi connectivity index (χ2v) is 6.60. The molecule has 0 saturated carbocycles. The molecule has 0 atom stereocenters. The van der Waals surface area contributed by atoms with Gasteiger partial charge in [-0.3, -0.25) is 0 Å². The Morgan fingerprint density at radius 3 is 2.67 bits per heavy atom. The first kappa shape index (κ1) is 13.1. The summed E-state index contributed by atoms with van der Waals surface area (Å²) in [5.74, 6) is 0.141. The second kappa shape index (κ2) is 5.12. The molecule has 18 heavy (non-hydrogen) atoms. The van der Waals surface area contributed by atoms with E-state index in [2.05, 4.69) is 5.16 Å². The van der Waals surface area contributed by atoms with Crippen molar-refractivity contribution in [2.45, 2.75) is 18.4 Å². The SMILES string of the molecule is Cc1cc(CS(=O)(=O)Cc2cccc(Cl)c2)on1. The van der Waals surface area contributed by atoms with Crippen molar-refractivity contribution in [2.24, 2.45) is 0 Å². The molecular formula is C12H12ClNO3S. The lowest BCUT2D eigenvalue weighted by molar-refractivity contribution is 0.388. The summed E-state index contributed by atoms with van der Waals surface area (Å²) < 4.78 is 28.8. The van der Waals surface area contributed by atoms with E-state index >= 15 is 0 Å². The largest absolute Gasteiger partial charge is 0.360 e. The molecule has 0 saturated heterocycles. The summed E-state index contributed by atoms with van der Waals surface area (Å²) in [7, 11) is -3.28. The van der Waals surface area contributed by atoms with Crippen LogP contribution in [0, 0.1) is 6.92 Å². The van der Waals surface area contributed by atoms with E-state index in [4.69, 9.17) is 16.1 Å². The van der Waals surface area contributed by atoms with Crippen LogP contribution in [0.1, 0.15) is 17.0 Å². The van der Waals surface area contributed by atoms with Gasteiger partial charge in [0.2, 0.25) is 0 Å². The molecular weight excluding hydrogens is 274 g/mol. The van der Waals surface area contributed by atoms with Gasteiger partial charge in [0.1, 0.15) is 5.75 Å². The Bertz CT molecular complexity index is 649. The lowest BCUT2D eigenvalue weighted by Gasteiger charge is -2.02. The molecule has 0 aliphatic rings. The molecule has 6 heteroatoms. The summed E-state index contributed by atoms with van der Waals surface area (Å²) in [6.07, 6.45) is 0. The third kappa shape index (κ3) is 3.58. The average molecular weight is 286 g/mol. The molecule has 0 radical (unpaired) electrons. The number of sulfone groups is 1. The predicted molar refractivity (Wildman–Crippen MR) is 69.0 cm³/mol. The minimum absolute atomic E-state index is 0.0622. The molecule has 1 heterocycles. The van der Waals surface area contributed by atoms with Crippen LogP contribution in [-0.4, -0.2) is 13.6 Å². The van der Waals surface area contributed by atoms with Crippen LogP contribution in [0.4, 0.5) is 0 Å². The van der Waals surface area contributed by atoms with E-state index in [9.17, 15) is 8.42 Å². The van der Waals surface area contributed by atoms with Crippen LogP contribution in [-0.2, 0) is 21.3 Å². The Morgan fingerprint density at radius 2 is 2.06 bits per heavy atom. The number of hydrogen-bond donors (Lipinski definition) is 0. The van der Waals surface area contributed by atoms with Crippen molar-refractivity contribution >= 4 is 21.4 Å². The van der Waals surface area contributed by atoms with Crippen molar-refractivity contribution in [3.05, 3.63) is 52.4 Å². The van der Waals surface area contributed by atoms with Gasteiger partial charge in [-0.1, -0.05) is 28.9 Å². The van der Waals surface area contributed by atoms with Gasteiger partial charge < -0.3 is 4.52 Å². The fraction of sp³-hybridized carbons (Fsp3) is 0.250.